The minimum absolute atomic E-state index is 0.107. The standard InChI is InChI=1S/C16H15F2N5O2S/c1-8(24)5-20-14-13-15(21-11(25)6-19-13)23-16(22-14)26-7-9-3-2-4-10(17)12(9)18/h2-4,6,8,24H,5,7H2,1H3,(H2,20,21,22,23,25). The first-order chi connectivity index (χ1) is 12.4. The molecule has 0 bridgehead atoms. The molecule has 0 aliphatic heterocycles. The number of thioether (sulfide) groups is 1. The lowest BCUT2D eigenvalue weighted by molar-refractivity contribution is 0.208. The largest absolute Gasteiger partial charge is 0.392 e. The van der Waals surface area contributed by atoms with Crippen LogP contribution in [0, 0.1) is 11.6 Å². The molecule has 0 aliphatic carbocycles. The molecule has 0 spiro atoms. The van der Waals surface area contributed by atoms with Gasteiger partial charge in [0, 0.05) is 17.9 Å². The summed E-state index contributed by atoms with van der Waals surface area (Å²) in [6, 6.07) is 3.94. The normalized spacial score (nSPS) is 12.3. The molecule has 136 valence electrons. The van der Waals surface area contributed by atoms with Gasteiger partial charge in [0.05, 0.1) is 12.3 Å². The third-order valence-corrected chi connectivity index (χ3v) is 4.27. The van der Waals surface area contributed by atoms with Crippen LogP contribution < -0.4 is 10.9 Å². The zero-order chi connectivity index (χ0) is 18.7. The van der Waals surface area contributed by atoms with Crippen molar-refractivity contribution in [3.8, 4) is 0 Å². The number of aliphatic hydroxyl groups excluding tert-OH is 1. The van der Waals surface area contributed by atoms with Crippen molar-refractivity contribution in [2.75, 3.05) is 11.9 Å². The van der Waals surface area contributed by atoms with Gasteiger partial charge in [-0.3, -0.25) is 4.79 Å². The minimum Gasteiger partial charge on any atom is -0.392 e. The van der Waals surface area contributed by atoms with Gasteiger partial charge in [-0.15, -0.1) is 0 Å². The van der Waals surface area contributed by atoms with Crippen molar-refractivity contribution in [1.82, 2.24) is 19.9 Å². The van der Waals surface area contributed by atoms with Gasteiger partial charge in [0.1, 0.15) is 5.52 Å². The molecule has 0 radical (unpaired) electrons. The van der Waals surface area contributed by atoms with Crippen molar-refractivity contribution in [2.45, 2.75) is 23.9 Å². The Kier molecular flexibility index (Phi) is 5.43. The molecule has 0 saturated carbocycles. The Bertz CT molecular complexity index is 996. The molecular weight excluding hydrogens is 364 g/mol. The van der Waals surface area contributed by atoms with E-state index in [0.29, 0.717) is 11.3 Å². The number of anilines is 1. The lowest BCUT2D eigenvalue weighted by Crippen LogP contribution is -2.17. The highest BCUT2D eigenvalue weighted by Crippen LogP contribution is 2.25. The second-order valence-electron chi connectivity index (χ2n) is 5.53. The van der Waals surface area contributed by atoms with Crippen LogP contribution in [0.3, 0.4) is 0 Å². The van der Waals surface area contributed by atoms with Crippen LogP contribution in [0.15, 0.2) is 34.3 Å². The highest BCUT2D eigenvalue weighted by molar-refractivity contribution is 7.98. The molecule has 7 nitrogen and oxygen atoms in total. The fourth-order valence-corrected chi connectivity index (χ4v) is 2.97. The molecule has 3 aromatic rings. The monoisotopic (exact) mass is 379 g/mol. The van der Waals surface area contributed by atoms with Crippen LogP contribution >= 0.6 is 11.8 Å². The Morgan fingerprint density at radius 3 is 2.92 bits per heavy atom. The number of aromatic nitrogens is 4. The number of hydrogen-bond donors (Lipinski definition) is 3. The van der Waals surface area contributed by atoms with E-state index in [1.165, 1.54) is 12.1 Å². The van der Waals surface area contributed by atoms with Crippen LogP contribution in [0.25, 0.3) is 11.2 Å². The average molecular weight is 379 g/mol. The number of nitrogens with one attached hydrogen (secondary N) is 2. The topological polar surface area (TPSA) is 104 Å². The van der Waals surface area contributed by atoms with E-state index in [4.69, 9.17) is 0 Å². The van der Waals surface area contributed by atoms with E-state index in [0.717, 1.165) is 24.0 Å². The molecule has 26 heavy (non-hydrogen) atoms. The maximum atomic E-state index is 13.8. The zero-order valence-corrected chi connectivity index (χ0v) is 14.5. The third kappa shape index (κ3) is 4.14. The van der Waals surface area contributed by atoms with Crippen molar-refractivity contribution in [2.24, 2.45) is 0 Å². The summed E-state index contributed by atoms with van der Waals surface area (Å²) in [5.74, 6) is -1.40. The lowest BCUT2D eigenvalue weighted by atomic mass is 10.2. The van der Waals surface area contributed by atoms with Crippen LogP contribution in [0.1, 0.15) is 12.5 Å². The summed E-state index contributed by atoms with van der Waals surface area (Å²) < 4.78 is 27.1. The summed E-state index contributed by atoms with van der Waals surface area (Å²) in [4.78, 5) is 26.6. The van der Waals surface area contributed by atoms with Gasteiger partial charge in [-0.05, 0) is 13.0 Å². The Balaban J connectivity index is 1.92. The van der Waals surface area contributed by atoms with Crippen LogP contribution in [-0.2, 0) is 5.75 Å². The van der Waals surface area contributed by atoms with Gasteiger partial charge >= 0.3 is 0 Å². The first kappa shape index (κ1) is 18.2. The van der Waals surface area contributed by atoms with E-state index in [1.54, 1.807) is 6.92 Å². The molecule has 1 aromatic carbocycles. The van der Waals surface area contributed by atoms with Gasteiger partial charge in [-0.2, -0.15) is 0 Å². The van der Waals surface area contributed by atoms with E-state index >= 15 is 0 Å². The second kappa shape index (κ2) is 7.75. The molecule has 0 fully saturated rings. The number of hydrogen-bond acceptors (Lipinski definition) is 7. The number of aliphatic hydroxyl groups is 1. The van der Waals surface area contributed by atoms with Crippen molar-refractivity contribution in [3.05, 3.63) is 51.9 Å². The summed E-state index contributed by atoms with van der Waals surface area (Å²) in [5.41, 5.74) is 0.302. The summed E-state index contributed by atoms with van der Waals surface area (Å²) in [6.07, 6.45) is 0.481. The van der Waals surface area contributed by atoms with Crippen LogP contribution in [0.2, 0.25) is 0 Å². The molecular formula is C16H15F2N5O2S. The van der Waals surface area contributed by atoms with E-state index in [2.05, 4.69) is 25.3 Å². The van der Waals surface area contributed by atoms with E-state index in [-0.39, 0.29) is 28.7 Å². The SMILES string of the molecule is CC(O)CNc1nc(SCc2cccc(F)c2F)nc2[nH]c(=O)cnc12. The van der Waals surface area contributed by atoms with Gasteiger partial charge in [-0.1, -0.05) is 23.9 Å². The van der Waals surface area contributed by atoms with Gasteiger partial charge in [0.15, 0.2) is 28.3 Å². The molecule has 3 N–H and O–H groups in total. The van der Waals surface area contributed by atoms with Crippen molar-refractivity contribution in [1.29, 1.82) is 0 Å². The first-order valence-corrected chi connectivity index (χ1v) is 8.67. The summed E-state index contributed by atoms with van der Waals surface area (Å²) in [5, 5.41) is 12.6. The fourth-order valence-electron chi connectivity index (χ4n) is 2.15. The number of rotatable bonds is 6. The number of H-pyrrole nitrogens is 1. The predicted molar refractivity (Wildman–Crippen MR) is 94.0 cm³/mol. The molecule has 10 heteroatoms. The average Bonchev–Trinajstić information content (AvgIpc) is 2.60. The van der Waals surface area contributed by atoms with Crippen LogP contribution in [-0.4, -0.2) is 37.7 Å². The Morgan fingerprint density at radius 2 is 2.15 bits per heavy atom. The van der Waals surface area contributed by atoms with Crippen molar-refractivity contribution < 1.29 is 13.9 Å². The third-order valence-electron chi connectivity index (χ3n) is 3.37. The molecule has 2 aromatic heterocycles. The number of nitrogens with zero attached hydrogens (tertiary/aromatic N) is 3. The highest BCUT2D eigenvalue weighted by atomic mass is 32.2. The molecule has 0 saturated heterocycles. The molecule has 1 atom stereocenters. The summed E-state index contributed by atoms with van der Waals surface area (Å²) >= 11 is 1.08. The Hall–Kier alpha value is -2.59. The number of halogens is 2. The molecule has 3 rings (SSSR count). The van der Waals surface area contributed by atoms with Crippen LogP contribution in [0.4, 0.5) is 14.6 Å². The lowest BCUT2D eigenvalue weighted by Gasteiger charge is -2.11. The highest BCUT2D eigenvalue weighted by Gasteiger charge is 2.13. The molecule has 0 amide bonds. The quantitative estimate of drug-likeness (QED) is 0.445. The van der Waals surface area contributed by atoms with E-state index < -0.39 is 23.3 Å². The van der Waals surface area contributed by atoms with Gasteiger partial charge in [0.25, 0.3) is 5.56 Å². The maximum Gasteiger partial charge on any atom is 0.268 e. The second-order valence-corrected chi connectivity index (χ2v) is 6.47. The zero-order valence-electron chi connectivity index (χ0n) is 13.7. The Morgan fingerprint density at radius 1 is 1.35 bits per heavy atom. The molecule has 2 heterocycles. The maximum absolute atomic E-state index is 13.8. The summed E-state index contributed by atoms with van der Waals surface area (Å²) in [7, 11) is 0. The fraction of sp³-hybridized carbons (Fsp3) is 0.250. The van der Waals surface area contributed by atoms with Crippen molar-refractivity contribution >= 4 is 28.7 Å². The smallest absolute Gasteiger partial charge is 0.268 e. The van der Waals surface area contributed by atoms with Gasteiger partial charge in [-0.25, -0.2) is 23.7 Å². The number of benzene rings is 1. The van der Waals surface area contributed by atoms with Crippen molar-refractivity contribution in [3.63, 3.8) is 0 Å². The van der Waals surface area contributed by atoms with E-state index in [9.17, 15) is 18.7 Å². The van der Waals surface area contributed by atoms with Gasteiger partial charge in [0.2, 0.25) is 0 Å². The van der Waals surface area contributed by atoms with Gasteiger partial charge < -0.3 is 15.4 Å². The Labute approximate surface area is 150 Å². The minimum atomic E-state index is -0.921. The molecule has 0 aliphatic rings. The van der Waals surface area contributed by atoms with E-state index in [1.807, 2.05) is 0 Å². The van der Waals surface area contributed by atoms with Crippen LogP contribution in [0.5, 0.6) is 0 Å². The number of fused-ring (bicyclic) bond motifs is 1. The predicted octanol–water partition coefficient (Wildman–Crippen LogP) is 2.08. The summed E-state index contributed by atoms with van der Waals surface area (Å²) in [6.45, 7) is 1.82. The number of aromatic amines is 1. The first-order valence-electron chi connectivity index (χ1n) is 7.68. The molecule has 1 unspecified atom stereocenters.